The topological polar surface area (TPSA) is 72.0 Å². The Balaban J connectivity index is 1.53. The molecule has 2 heterocycles. The summed E-state index contributed by atoms with van der Waals surface area (Å²) in [4.78, 5) is 9.29. The highest BCUT2D eigenvalue weighted by Gasteiger charge is 2.49. The van der Waals surface area contributed by atoms with Gasteiger partial charge in [-0.3, -0.25) is 4.98 Å². The standard InChI is InChI=1S/C26H22F3N3OS/c1-24(33)14-25(30,15-24)19-10-7-16(8-11-19)21-22(17-5-3-2-4-6-17)34-23(32-21)18-9-12-20(31-13-18)26(27,28)29/h2-13,33H,14-15,30H2,1H3/t24-,25+. The summed E-state index contributed by atoms with van der Waals surface area (Å²) in [7, 11) is 0. The predicted molar refractivity (Wildman–Crippen MR) is 127 cm³/mol. The molecule has 0 bridgehead atoms. The van der Waals surface area contributed by atoms with E-state index in [1.807, 2.05) is 54.6 Å². The van der Waals surface area contributed by atoms with Crippen LogP contribution in [0.25, 0.3) is 32.3 Å². The normalized spacial score (nSPS) is 22.4. The van der Waals surface area contributed by atoms with Crippen molar-refractivity contribution in [3.8, 4) is 32.3 Å². The highest BCUT2D eigenvalue weighted by Crippen LogP contribution is 2.47. The third kappa shape index (κ3) is 4.24. The van der Waals surface area contributed by atoms with Crippen LogP contribution in [0, 0.1) is 0 Å². The fraction of sp³-hybridized carbons (Fsp3) is 0.231. The number of thiazole rings is 1. The van der Waals surface area contributed by atoms with Gasteiger partial charge in [0, 0.05) is 22.9 Å². The minimum Gasteiger partial charge on any atom is -0.390 e. The fourth-order valence-electron chi connectivity index (χ4n) is 4.58. The number of aliphatic hydroxyl groups is 1. The molecule has 0 amide bonds. The zero-order chi connectivity index (χ0) is 24.1. The van der Waals surface area contributed by atoms with Crippen molar-refractivity contribution in [1.82, 2.24) is 9.97 Å². The molecule has 34 heavy (non-hydrogen) atoms. The van der Waals surface area contributed by atoms with Crippen LogP contribution in [0.3, 0.4) is 0 Å². The van der Waals surface area contributed by atoms with Crippen molar-refractivity contribution in [2.75, 3.05) is 0 Å². The molecule has 4 nitrogen and oxygen atoms in total. The van der Waals surface area contributed by atoms with E-state index in [4.69, 9.17) is 10.7 Å². The molecule has 174 valence electrons. The number of rotatable bonds is 4. The first-order chi connectivity index (χ1) is 16.0. The van der Waals surface area contributed by atoms with E-state index in [-0.39, 0.29) is 0 Å². The highest BCUT2D eigenvalue weighted by atomic mass is 32.1. The summed E-state index contributed by atoms with van der Waals surface area (Å²) in [6.45, 7) is 1.78. The second kappa shape index (κ2) is 8.01. The maximum absolute atomic E-state index is 12.9. The number of hydrogen-bond donors (Lipinski definition) is 2. The van der Waals surface area contributed by atoms with Crippen molar-refractivity contribution < 1.29 is 18.3 Å². The van der Waals surface area contributed by atoms with E-state index in [0.717, 1.165) is 33.3 Å². The van der Waals surface area contributed by atoms with E-state index in [0.29, 0.717) is 23.4 Å². The second-order valence-corrected chi connectivity index (χ2v) is 10.1. The molecule has 0 saturated heterocycles. The Kier molecular flexibility index (Phi) is 5.35. The van der Waals surface area contributed by atoms with Gasteiger partial charge in [0.05, 0.1) is 16.2 Å². The van der Waals surface area contributed by atoms with Crippen molar-refractivity contribution in [3.05, 3.63) is 84.2 Å². The highest BCUT2D eigenvalue weighted by molar-refractivity contribution is 7.19. The van der Waals surface area contributed by atoms with Crippen LogP contribution in [0.5, 0.6) is 0 Å². The van der Waals surface area contributed by atoms with Crippen molar-refractivity contribution in [2.45, 2.75) is 37.1 Å². The maximum Gasteiger partial charge on any atom is 0.433 e. The van der Waals surface area contributed by atoms with E-state index in [9.17, 15) is 18.3 Å². The zero-order valence-electron chi connectivity index (χ0n) is 18.3. The number of alkyl halides is 3. The van der Waals surface area contributed by atoms with Gasteiger partial charge in [-0.25, -0.2) is 4.98 Å². The number of halogens is 3. The molecule has 0 spiro atoms. The number of pyridine rings is 1. The Labute approximate surface area is 198 Å². The minimum absolute atomic E-state index is 0.496. The molecule has 0 radical (unpaired) electrons. The van der Waals surface area contributed by atoms with E-state index < -0.39 is 23.0 Å². The minimum atomic E-state index is -4.49. The van der Waals surface area contributed by atoms with Crippen molar-refractivity contribution in [1.29, 1.82) is 0 Å². The SMILES string of the molecule is C[C@]1(O)C[C@](N)(c2ccc(-c3nc(-c4ccc(C(F)(F)F)nc4)sc3-c3ccccc3)cc2)C1. The van der Waals surface area contributed by atoms with E-state index >= 15 is 0 Å². The van der Waals surface area contributed by atoms with E-state index in [1.54, 1.807) is 6.92 Å². The van der Waals surface area contributed by atoms with Crippen LogP contribution in [0.15, 0.2) is 72.9 Å². The van der Waals surface area contributed by atoms with Crippen LogP contribution in [0.4, 0.5) is 13.2 Å². The molecule has 2 aromatic heterocycles. The van der Waals surface area contributed by atoms with E-state index in [2.05, 4.69) is 4.98 Å². The lowest BCUT2D eigenvalue weighted by Gasteiger charge is -2.49. The number of benzene rings is 2. The summed E-state index contributed by atoms with van der Waals surface area (Å²) in [6.07, 6.45) is -2.28. The van der Waals surface area contributed by atoms with Gasteiger partial charge in [0.1, 0.15) is 10.7 Å². The fourth-order valence-corrected chi connectivity index (χ4v) is 5.67. The Hall–Kier alpha value is -3.07. The largest absolute Gasteiger partial charge is 0.433 e. The van der Waals surface area contributed by atoms with E-state index in [1.165, 1.54) is 23.6 Å². The monoisotopic (exact) mass is 481 g/mol. The number of aromatic nitrogens is 2. The van der Waals surface area contributed by atoms with Crippen LogP contribution in [-0.4, -0.2) is 20.7 Å². The number of hydrogen-bond acceptors (Lipinski definition) is 5. The average molecular weight is 482 g/mol. The molecule has 1 aliphatic rings. The van der Waals surface area contributed by atoms with Crippen molar-refractivity contribution in [2.24, 2.45) is 5.73 Å². The summed E-state index contributed by atoms with van der Waals surface area (Å²) in [5.74, 6) is 0. The quantitative estimate of drug-likeness (QED) is 0.361. The maximum atomic E-state index is 12.9. The smallest absolute Gasteiger partial charge is 0.390 e. The Bertz CT molecular complexity index is 1310. The lowest BCUT2D eigenvalue weighted by Crippen LogP contribution is -2.58. The summed E-state index contributed by atoms with van der Waals surface area (Å²) < 4.78 is 38.8. The molecule has 3 N–H and O–H groups in total. The van der Waals surface area contributed by atoms with Gasteiger partial charge in [-0.2, -0.15) is 13.2 Å². The Morgan fingerprint density at radius 2 is 1.56 bits per heavy atom. The van der Waals surface area contributed by atoms with Crippen LogP contribution in [-0.2, 0) is 11.7 Å². The zero-order valence-corrected chi connectivity index (χ0v) is 19.1. The van der Waals surface area contributed by atoms with Gasteiger partial charge in [-0.1, -0.05) is 54.6 Å². The first kappa shape index (κ1) is 22.7. The lowest BCUT2D eigenvalue weighted by molar-refractivity contribution is -0.141. The van der Waals surface area contributed by atoms with Gasteiger partial charge in [-0.05, 0) is 43.0 Å². The van der Waals surface area contributed by atoms with Gasteiger partial charge in [0.2, 0.25) is 0 Å². The molecule has 1 fully saturated rings. The summed E-state index contributed by atoms with van der Waals surface area (Å²) in [5, 5.41) is 10.7. The molecule has 5 rings (SSSR count). The van der Waals surface area contributed by atoms with Gasteiger partial charge < -0.3 is 10.8 Å². The Morgan fingerprint density at radius 3 is 2.12 bits per heavy atom. The first-order valence-corrected chi connectivity index (χ1v) is 11.6. The molecule has 2 aromatic carbocycles. The molecule has 1 aliphatic carbocycles. The lowest BCUT2D eigenvalue weighted by atomic mass is 9.63. The second-order valence-electron chi connectivity index (χ2n) is 9.08. The molecule has 1 saturated carbocycles. The van der Waals surface area contributed by atoms with Crippen LogP contribution in [0.1, 0.15) is 31.0 Å². The van der Waals surface area contributed by atoms with Crippen LogP contribution >= 0.6 is 11.3 Å². The predicted octanol–water partition coefficient (Wildman–Crippen LogP) is 6.26. The van der Waals surface area contributed by atoms with Gasteiger partial charge >= 0.3 is 6.18 Å². The summed E-state index contributed by atoms with van der Waals surface area (Å²) in [5.41, 5.74) is 8.30. The first-order valence-electron chi connectivity index (χ1n) is 10.8. The van der Waals surface area contributed by atoms with Gasteiger partial charge in [-0.15, -0.1) is 11.3 Å². The number of nitrogens with zero attached hydrogens (tertiary/aromatic N) is 2. The molecular weight excluding hydrogens is 459 g/mol. The van der Waals surface area contributed by atoms with Crippen molar-refractivity contribution >= 4 is 11.3 Å². The van der Waals surface area contributed by atoms with Crippen LogP contribution < -0.4 is 5.73 Å². The molecule has 8 heteroatoms. The molecular formula is C26H22F3N3OS. The molecule has 0 atom stereocenters. The number of nitrogens with two attached hydrogens (primary N) is 1. The van der Waals surface area contributed by atoms with Gasteiger partial charge in [0.25, 0.3) is 0 Å². The summed E-state index contributed by atoms with van der Waals surface area (Å²) in [6, 6.07) is 19.9. The van der Waals surface area contributed by atoms with Gasteiger partial charge in [0.15, 0.2) is 0 Å². The summed E-state index contributed by atoms with van der Waals surface area (Å²) >= 11 is 1.41. The third-order valence-corrected chi connectivity index (χ3v) is 7.24. The molecule has 0 unspecified atom stereocenters. The van der Waals surface area contributed by atoms with Crippen LogP contribution in [0.2, 0.25) is 0 Å². The molecule has 0 aliphatic heterocycles. The van der Waals surface area contributed by atoms with Crippen molar-refractivity contribution in [3.63, 3.8) is 0 Å². The third-order valence-electron chi connectivity index (χ3n) is 6.09. The molecule has 4 aromatic rings. The average Bonchev–Trinajstić information content (AvgIpc) is 3.23. The Morgan fingerprint density at radius 1 is 0.912 bits per heavy atom.